The number of hydrogen-bond acceptors (Lipinski definition) is 1. The summed E-state index contributed by atoms with van der Waals surface area (Å²) in [6.45, 7) is 4.60. The first-order chi connectivity index (χ1) is 10.5. The molecule has 0 unspecified atom stereocenters. The molecule has 0 radical (unpaired) electrons. The fraction of sp³-hybridized carbons (Fsp3) is 0.316. The van der Waals surface area contributed by atoms with Crippen LogP contribution < -0.4 is 10.2 Å². The van der Waals surface area contributed by atoms with Gasteiger partial charge in [-0.05, 0) is 25.5 Å². The van der Waals surface area contributed by atoms with E-state index in [0.717, 1.165) is 16.7 Å². The van der Waals surface area contributed by atoms with Gasteiger partial charge < -0.3 is 10.2 Å². The van der Waals surface area contributed by atoms with Crippen molar-refractivity contribution in [3.8, 4) is 0 Å². The predicted octanol–water partition coefficient (Wildman–Crippen LogP) is 1.92. The fourth-order valence-electron chi connectivity index (χ4n) is 2.61. The highest BCUT2D eigenvalue weighted by atomic mass is 16.1. The third-order valence-corrected chi connectivity index (χ3v) is 4.00. The molecule has 0 spiro atoms. The van der Waals surface area contributed by atoms with E-state index in [1.165, 1.54) is 10.5 Å². The van der Waals surface area contributed by atoms with Gasteiger partial charge in [-0.2, -0.15) is 0 Å². The van der Waals surface area contributed by atoms with Crippen molar-refractivity contribution < 1.29 is 9.69 Å². The second-order valence-electron chi connectivity index (χ2n) is 6.07. The number of carbonyl (C=O) groups excluding carboxylic acids is 1. The SMILES string of the molecule is Cc1ccc(C)c(C(=O)NC[C@H](c2ccccc2)[NH+](C)C)c1. The molecule has 0 aliphatic carbocycles. The first-order valence-electron chi connectivity index (χ1n) is 7.69. The van der Waals surface area contributed by atoms with E-state index in [1.54, 1.807) is 0 Å². The van der Waals surface area contributed by atoms with Crippen molar-refractivity contribution >= 4 is 5.91 Å². The average molecular weight is 297 g/mol. The van der Waals surface area contributed by atoms with Crippen LogP contribution in [-0.4, -0.2) is 26.5 Å². The highest BCUT2D eigenvalue weighted by Gasteiger charge is 2.19. The summed E-state index contributed by atoms with van der Waals surface area (Å²) < 4.78 is 0. The normalized spacial score (nSPS) is 12.2. The molecule has 116 valence electrons. The van der Waals surface area contributed by atoms with Gasteiger partial charge in [0.15, 0.2) is 0 Å². The van der Waals surface area contributed by atoms with Gasteiger partial charge in [-0.25, -0.2) is 0 Å². The highest BCUT2D eigenvalue weighted by Crippen LogP contribution is 2.12. The van der Waals surface area contributed by atoms with E-state index in [1.807, 2.05) is 50.2 Å². The summed E-state index contributed by atoms with van der Waals surface area (Å²) in [6, 6.07) is 16.5. The maximum absolute atomic E-state index is 12.5. The lowest BCUT2D eigenvalue weighted by atomic mass is 10.0. The van der Waals surface area contributed by atoms with Gasteiger partial charge in [0.1, 0.15) is 6.04 Å². The summed E-state index contributed by atoms with van der Waals surface area (Å²) >= 11 is 0. The summed E-state index contributed by atoms with van der Waals surface area (Å²) in [5, 5.41) is 3.09. The van der Waals surface area contributed by atoms with Gasteiger partial charge in [0.05, 0.1) is 20.6 Å². The van der Waals surface area contributed by atoms with E-state index in [4.69, 9.17) is 0 Å². The molecule has 3 heteroatoms. The first-order valence-corrected chi connectivity index (χ1v) is 7.69. The van der Waals surface area contributed by atoms with Gasteiger partial charge in [0.2, 0.25) is 0 Å². The predicted molar refractivity (Wildman–Crippen MR) is 90.2 cm³/mol. The molecule has 2 aromatic rings. The van der Waals surface area contributed by atoms with Crippen molar-refractivity contribution in [2.75, 3.05) is 20.6 Å². The topological polar surface area (TPSA) is 33.5 Å². The van der Waals surface area contributed by atoms with Crippen LogP contribution in [-0.2, 0) is 0 Å². The zero-order valence-electron chi connectivity index (χ0n) is 13.8. The first kappa shape index (κ1) is 16.2. The van der Waals surface area contributed by atoms with Gasteiger partial charge in [-0.3, -0.25) is 4.79 Å². The summed E-state index contributed by atoms with van der Waals surface area (Å²) in [4.78, 5) is 13.8. The number of aryl methyl sites for hydroxylation is 2. The van der Waals surface area contributed by atoms with Gasteiger partial charge in [-0.15, -0.1) is 0 Å². The Bertz CT molecular complexity index is 635. The molecule has 2 N–H and O–H groups in total. The lowest BCUT2D eigenvalue weighted by Crippen LogP contribution is -3.07. The minimum atomic E-state index is 0.00313. The zero-order chi connectivity index (χ0) is 16.1. The Morgan fingerprint density at radius 2 is 1.77 bits per heavy atom. The molecule has 0 saturated carbocycles. The van der Waals surface area contributed by atoms with Crippen LogP contribution in [0.5, 0.6) is 0 Å². The monoisotopic (exact) mass is 297 g/mol. The highest BCUT2D eigenvalue weighted by molar-refractivity contribution is 5.95. The molecule has 1 amide bonds. The number of amides is 1. The molecule has 1 atom stereocenters. The lowest BCUT2D eigenvalue weighted by Gasteiger charge is -2.22. The largest absolute Gasteiger partial charge is 0.346 e. The second kappa shape index (κ2) is 7.23. The fourth-order valence-corrected chi connectivity index (χ4v) is 2.61. The Labute approximate surface area is 133 Å². The Morgan fingerprint density at radius 3 is 2.41 bits per heavy atom. The van der Waals surface area contributed by atoms with Gasteiger partial charge in [0.25, 0.3) is 5.91 Å². The standard InChI is InChI=1S/C19H24N2O/c1-14-10-11-15(2)17(12-14)19(22)20-13-18(21(3)4)16-8-6-5-7-9-16/h5-12,18H,13H2,1-4H3,(H,20,22)/p+1/t18-/m1/s1. The number of hydrogen-bond donors (Lipinski definition) is 2. The number of benzene rings is 2. The molecule has 0 aromatic heterocycles. The van der Waals surface area contributed by atoms with Crippen LogP contribution in [0.2, 0.25) is 0 Å². The van der Waals surface area contributed by atoms with Crippen molar-refractivity contribution in [2.45, 2.75) is 19.9 Å². The van der Waals surface area contributed by atoms with E-state index in [-0.39, 0.29) is 11.9 Å². The molecule has 2 rings (SSSR count). The minimum absolute atomic E-state index is 0.00313. The summed E-state index contributed by atoms with van der Waals surface area (Å²) in [5.41, 5.74) is 4.12. The van der Waals surface area contributed by atoms with Crippen LogP contribution in [0.3, 0.4) is 0 Å². The summed E-state index contributed by atoms with van der Waals surface area (Å²) in [5.74, 6) is 0.00313. The van der Waals surface area contributed by atoms with E-state index in [0.29, 0.717) is 6.54 Å². The molecular formula is C19H25N2O+. The maximum Gasteiger partial charge on any atom is 0.251 e. The van der Waals surface area contributed by atoms with Gasteiger partial charge in [-0.1, -0.05) is 48.0 Å². The summed E-state index contributed by atoms with van der Waals surface area (Å²) in [6.07, 6.45) is 0. The zero-order valence-corrected chi connectivity index (χ0v) is 13.8. The Morgan fingerprint density at radius 1 is 1.09 bits per heavy atom. The number of rotatable bonds is 5. The quantitative estimate of drug-likeness (QED) is 0.868. The molecule has 0 bridgehead atoms. The van der Waals surface area contributed by atoms with Crippen LogP contribution in [0.15, 0.2) is 48.5 Å². The van der Waals surface area contributed by atoms with Crippen LogP contribution in [0.4, 0.5) is 0 Å². The van der Waals surface area contributed by atoms with Crippen molar-refractivity contribution in [1.82, 2.24) is 5.32 Å². The molecule has 0 heterocycles. The summed E-state index contributed by atoms with van der Waals surface area (Å²) in [7, 11) is 4.23. The van der Waals surface area contributed by atoms with Crippen LogP contribution in [0.25, 0.3) is 0 Å². The third-order valence-electron chi connectivity index (χ3n) is 4.00. The van der Waals surface area contributed by atoms with Crippen molar-refractivity contribution in [2.24, 2.45) is 0 Å². The third kappa shape index (κ3) is 3.95. The van der Waals surface area contributed by atoms with E-state index >= 15 is 0 Å². The van der Waals surface area contributed by atoms with E-state index < -0.39 is 0 Å². The maximum atomic E-state index is 12.5. The molecule has 0 aliphatic rings. The van der Waals surface area contributed by atoms with E-state index in [9.17, 15) is 4.79 Å². The molecule has 0 fully saturated rings. The lowest BCUT2D eigenvalue weighted by molar-refractivity contribution is -0.890. The Kier molecular flexibility index (Phi) is 5.34. The van der Waals surface area contributed by atoms with E-state index in [2.05, 4.69) is 31.5 Å². The minimum Gasteiger partial charge on any atom is -0.346 e. The molecule has 0 aliphatic heterocycles. The van der Waals surface area contributed by atoms with Crippen LogP contribution in [0.1, 0.15) is 33.1 Å². The Hall–Kier alpha value is -2.13. The van der Waals surface area contributed by atoms with Gasteiger partial charge in [0, 0.05) is 11.1 Å². The molecule has 22 heavy (non-hydrogen) atoms. The van der Waals surface area contributed by atoms with Gasteiger partial charge >= 0.3 is 0 Å². The van der Waals surface area contributed by atoms with Crippen molar-refractivity contribution in [3.05, 3.63) is 70.8 Å². The molecule has 0 saturated heterocycles. The second-order valence-corrected chi connectivity index (χ2v) is 6.07. The smallest absolute Gasteiger partial charge is 0.251 e. The number of quaternary nitrogens is 1. The van der Waals surface area contributed by atoms with Crippen LogP contribution in [0, 0.1) is 13.8 Å². The van der Waals surface area contributed by atoms with Crippen molar-refractivity contribution in [3.63, 3.8) is 0 Å². The number of carbonyl (C=O) groups is 1. The molecule has 3 nitrogen and oxygen atoms in total. The van der Waals surface area contributed by atoms with Crippen LogP contribution >= 0.6 is 0 Å². The molecular weight excluding hydrogens is 272 g/mol. The Balaban J connectivity index is 2.10. The molecule has 2 aromatic carbocycles. The number of likely N-dealkylation sites (N-methyl/N-ethyl adjacent to an activating group) is 1. The van der Waals surface area contributed by atoms with Crippen molar-refractivity contribution in [1.29, 1.82) is 0 Å². The number of nitrogens with one attached hydrogen (secondary N) is 2. The average Bonchev–Trinajstić information content (AvgIpc) is 2.50.